The maximum atomic E-state index is 11.3. The van der Waals surface area contributed by atoms with E-state index in [2.05, 4.69) is 0 Å². The van der Waals surface area contributed by atoms with Gasteiger partial charge in [-0.05, 0) is 49.6 Å². The summed E-state index contributed by atoms with van der Waals surface area (Å²) in [5.41, 5.74) is 6.25. The molecule has 0 aliphatic rings. The van der Waals surface area contributed by atoms with Crippen LogP contribution in [0.1, 0.15) is 24.8 Å². The quantitative estimate of drug-likeness (QED) is 0.720. The average molecular weight is 286 g/mol. The Kier molecular flexibility index (Phi) is 6.67. The largest absolute Gasteiger partial charge is 0.496 e. The van der Waals surface area contributed by atoms with Gasteiger partial charge in [0.2, 0.25) is 0 Å². The first kappa shape index (κ1) is 15.8. The summed E-state index contributed by atoms with van der Waals surface area (Å²) in [4.78, 5) is 11.3. The minimum absolute atomic E-state index is 0.420. The Labute approximate surface area is 118 Å². The lowest BCUT2D eigenvalue weighted by Crippen LogP contribution is -2.17. The minimum atomic E-state index is -0.793. The fraction of sp³-hybridized carbons (Fsp3) is 0.500. The summed E-state index contributed by atoms with van der Waals surface area (Å²) in [6.07, 6.45) is 2.69. The van der Waals surface area contributed by atoms with E-state index < -0.39 is 11.9 Å². The van der Waals surface area contributed by atoms with Gasteiger partial charge in [-0.15, -0.1) is 0 Å². The lowest BCUT2D eigenvalue weighted by Gasteiger charge is -2.15. The molecule has 1 aromatic rings. The van der Waals surface area contributed by atoms with Crippen LogP contribution in [0.2, 0.25) is 5.02 Å². The van der Waals surface area contributed by atoms with E-state index in [1.807, 2.05) is 0 Å². The maximum Gasteiger partial charge on any atom is 0.306 e. The van der Waals surface area contributed by atoms with Crippen molar-refractivity contribution in [2.45, 2.75) is 25.7 Å². The molecule has 0 aliphatic heterocycles. The number of hydrogen-bond acceptors (Lipinski definition) is 3. The maximum absolute atomic E-state index is 11.3. The molecule has 5 heteroatoms. The first-order valence-electron chi connectivity index (χ1n) is 6.33. The number of carboxylic acid groups (broad SMARTS) is 1. The summed E-state index contributed by atoms with van der Waals surface area (Å²) in [6.45, 7) is 0.590. The molecule has 1 rings (SSSR count). The number of carbonyl (C=O) groups is 1. The van der Waals surface area contributed by atoms with Crippen molar-refractivity contribution in [3.05, 3.63) is 28.8 Å². The molecule has 0 radical (unpaired) electrons. The number of halogens is 1. The normalized spacial score (nSPS) is 12.2. The van der Waals surface area contributed by atoms with Crippen LogP contribution in [0.4, 0.5) is 0 Å². The zero-order valence-corrected chi connectivity index (χ0v) is 11.8. The van der Waals surface area contributed by atoms with Crippen molar-refractivity contribution in [2.24, 2.45) is 11.7 Å². The monoisotopic (exact) mass is 285 g/mol. The Bertz CT molecular complexity index is 423. The molecule has 0 saturated carbocycles. The zero-order chi connectivity index (χ0) is 14.3. The highest BCUT2D eigenvalue weighted by Gasteiger charge is 2.19. The fourth-order valence-corrected chi connectivity index (χ4v) is 2.21. The molecule has 1 unspecified atom stereocenters. The van der Waals surface area contributed by atoms with Crippen LogP contribution in [0, 0.1) is 5.92 Å². The molecule has 4 nitrogen and oxygen atoms in total. The van der Waals surface area contributed by atoms with Crippen LogP contribution in [-0.4, -0.2) is 24.7 Å². The van der Waals surface area contributed by atoms with E-state index >= 15 is 0 Å². The second kappa shape index (κ2) is 8.02. The molecule has 1 aromatic carbocycles. The summed E-state index contributed by atoms with van der Waals surface area (Å²) in [5, 5.41) is 9.85. The first-order chi connectivity index (χ1) is 9.08. The molecule has 0 saturated heterocycles. The van der Waals surface area contributed by atoms with E-state index in [-0.39, 0.29) is 0 Å². The number of unbranched alkanes of at least 4 members (excludes halogenated alkanes) is 1. The molecule has 0 aromatic heterocycles. The third kappa shape index (κ3) is 5.09. The van der Waals surface area contributed by atoms with Crippen LogP contribution in [0.3, 0.4) is 0 Å². The molecule has 0 bridgehead atoms. The molecule has 3 N–H and O–H groups in total. The molecule has 0 heterocycles. The highest BCUT2D eigenvalue weighted by molar-refractivity contribution is 6.30. The Morgan fingerprint density at radius 1 is 1.47 bits per heavy atom. The number of benzene rings is 1. The predicted octanol–water partition coefficient (Wildman–Crippen LogP) is 2.72. The second-order valence-corrected chi connectivity index (χ2v) is 4.92. The van der Waals surface area contributed by atoms with Crippen LogP contribution in [0.25, 0.3) is 0 Å². The molecule has 19 heavy (non-hydrogen) atoms. The SMILES string of the molecule is COc1ccc(Cl)cc1CC(CCCCN)C(=O)O. The molecular weight excluding hydrogens is 266 g/mol. The van der Waals surface area contributed by atoms with Crippen molar-refractivity contribution < 1.29 is 14.6 Å². The van der Waals surface area contributed by atoms with Crippen LogP contribution < -0.4 is 10.5 Å². The Morgan fingerprint density at radius 2 is 2.21 bits per heavy atom. The Morgan fingerprint density at radius 3 is 2.79 bits per heavy atom. The van der Waals surface area contributed by atoms with Gasteiger partial charge in [0.1, 0.15) is 5.75 Å². The molecular formula is C14H20ClNO3. The molecule has 0 spiro atoms. The van der Waals surface area contributed by atoms with Gasteiger partial charge in [-0.3, -0.25) is 4.79 Å². The summed E-state index contributed by atoms with van der Waals surface area (Å²) in [7, 11) is 1.57. The first-order valence-corrected chi connectivity index (χ1v) is 6.71. The third-order valence-electron chi connectivity index (χ3n) is 3.06. The minimum Gasteiger partial charge on any atom is -0.496 e. The molecule has 106 valence electrons. The lowest BCUT2D eigenvalue weighted by molar-refractivity contribution is -0.142. The highest BCUT2D eigenvalue weighted by Crippen LogP contribution is 2.26. The molecule has 0 amide bonds. The third-order valence-corrected chi connectivity index (χ3v) is 3.30. The van der Waals surface area contributed by atoms with Crippen LogP contribution in [0.5, 0.6) is 5.75 Å². The van der Waals surface area contributed by atoms with Crippen molar-refractivity contribution in [3.8, 4) is 5.75 Å². The van der Waals surface area contributed by atoms with E-state index in [1.54, 1.807) is 25.3 Å². The molecule has 0 fully saturated rings. The van der Waals surface area contributed by atoms with E-state index in [4.69, 9.17) is 22.1 Å². The van der Waals surface area contributed by atoms with Crippen LogP contribution in [0.15, 0.2) is 18.2 Å². The summed E-state index contributed by atoms with van der Waals surface area (Å²) in [5.74, 6) is -0.549. The average Bonchev–Trinajstić information content (AvgIpc) is 2.38. The van der Waals surface area contributed by atoms with E-state index in [9.17, 15) is 9.90 Å². The fourth-order valence-electron chi connectivity index (χ4n) is 2.02. The van der Waals surface area contributed by atoms with Gasteiger partial charge in [0.25, 0.3) is 0 Å². The van der Waals surface area contributed by atoms with Crippen molar-refractivity contribution >= 4 is 17.6 Å². The van der Waals surface area contributed by atoms with Gasteiger partial charge >= 0.3 is 5.97 Å². The van der Waals surface area contributed by atoms with Gasteiger partial charge in [0.15, 0.2) is 0 Å². The molecule has 1 atom stereocenters. The summed E-state index contributed by atoms with van der Waals surface area (Å²) < 4.78 is 5.24. The van der Waals surface area contributed by atoms with E-state index in [1.165, 1.54) is 0 Å². The topological polar surface area (TPSA) is 72.5 Å². The van der Waals surface area contributed by atoms with Gasteiger partial charge in [0, 0.05) is 5.02 Å². The highest BCUT2D eigenvalue weighted by atomic mass is 35.5. The van der Waals surface area contributed by atoms with Crippen molar-refractivity contribution in [1.82, 2.24) is 0 Å². The van der Waals surface area contributed by atoms with Gasteiger partial charge in [0.05, 0.1) is 13.0 Å². The lowest BCUT2D eigenvalue weighted by atomic mass is 9.93. The number of methoxy groups -OCH3 is 1. The Balaban J connectivity index is 2.77. The number of aliphatic carboxylic acids is 1. The number of carboxylic acids is 1. The van der Waals surface area contributed by atoms with Gasteiger partial charge < -0.3 is 15.6 Å². The Hall–Kier alpha value is -1.26. The number of rotatable bonds is 8. The van der Waals surface area contributed by atoms with Crippen LogP contribution >= 0.6 is 11.6 Å². The van der Waals surface area contributed by atoms with Crippen molar-refractivity contribution in [2.75, 3.05) is 13.7 Å². The van der Waals surface area contributed by atoms with Crippen molar-refractivity contribution in [3.63, 3.8) is 0 Å². The van der Waals surface area contributed by atoms with Gasteiger partial charge in [-0.1, -0.05) is 18.0 Å². The van der Waals surface area contributed by atoms with Gasteiger partial charge in [-0.25, -0.2) is 0 Å². The number of hydrogen-bond donors (Lipinski definition) is 2. The van der Waals surface area contributed by atoms with Crippen molar-refractivity contribution in [1.29, 1.82) is 0 Å². The second-order valence-electron chi connectivity index (χ2n) is 4.48. The number of nitrogens with two attached hydrogens (primary N) is 1. The van der Waals surface area contributed by atoms with E-state index in [0.29, 0.717) is 30.2 Å². The standard InChI is InChI=1S/C14H20ClNO3/c1-19-13-6-5-12(15)9-11(13)8-10(14(17)18)4-2-3-7-16/h5-6,9-10H,2-4,7-8,16H2,1H3,(H,17,18). The number of ether oxygens (including phenoxy) is 1. The summed E-state index contributed by atoms with van der Waals surface area (Å²) in [6, 6.07) is 5.25. The van der Waals surface area contributed by atoms with Crippen LogP contribution in [-0.2, 0) is 11.2 Å². The smallest absolute Gasteiger partial charge is 0.306 e. The van der Waals surface area contributed by atoms with E-state index in [0.717, 1.165) is 18.4 Å². The zero-order valence-electron chi connectivity index (χ0n) is 11.1. The van der Waals surface area contributed by atoms with Gasteiger partial charge in [-0.2, -0.15) is 0 Å². The molecule has 0 aliphatic carbocycles. The predicted molar refractivity (Wildman–Crippen MR) is 75.7 cm³/mol. The summed E-state index contributed by atoms with van der Waals surface area (Å²) >= 11 is 5.94.